The van der Waals surface area contributed by atoms with Crippen LogP contribution in [0.4, 0.5) is 0 Å². The van der Waals surface area contributed by atoms with Crippen LogP contribution < -0.4 is 0 Å². The molecule has 138 valence electrons. The van der Waals surface area contributed by atoms with Crippen molar-refractivity contribution in [2.45, 2.75) is 48.7 Å². The number of carbonyl (C=O) groups excluding carboxylic acids is 1. The Morgan fingerprint density at radius 2 is 1.92 bits per heavy atom. The van der Waals surface area contributed by atoms with Crippen molar-refractivity contribution in [1.82, 2.24) is 4.90 Å². The number of rotatable bonds is 4. The summed E-state index contributed by atoms with van der Waals surface area (Å²) < 4.78 is 30.4. The lowest BCUT2D eigenvalue weighted by Gasteiger charge is -2.46. The van der Waals surface area contributed by atoms with E-state index in [1.807, 2.05) is 0 Å². The first-order valence-corrected chi connectivity index (χ1v) is 10.5. The minimum Gasteiger partial charge on any atom is -0.390 e. The number of hydrogen-bond acceptors (Lipinski definition) is 5. The zero-order valence-corrected chi connectivity index (χ0v) is 15.1. The van der Waals surface area contributed by atoms with Crippen molar-refractivity contribution in [2.24, 2.45) is 0 Å². The largest absolute Gasteiger partial charge is 0.390 e. The first kappa shape index (κ1) is 18.4. The number of amides is 1. The van der Waals surface area contributed by atoms with Crippen molar-refractivity contribution < 1.29 is 23.1 Å². The van der Waals surface area contributed by atoms with Crippen molar-refractivity contribution in [2.75, 3.05) is 25.4 Å². The first-order valence-electron chi connectivity index (χ1n) is 8.81. The molecular formula is C18H25NO5S. The highest BCUT2D eigenvalue weighted by molar-refractivity contribution is 7.91. The monoisotopic (exact) mass is 367 g/mol. The third-order valence-corrected chi connectivity index (χ3v) is 7.00. The van der Waals surface area contributed by atoms with Crippen LogP contribution in [-0.2, 0) is 19.4 Å². The average Bonchev–Trinajstić information content (AvgIpc) is 2.64. The molecular weight excluding hydrogens is 342 g/mol. The van der Waals surface area contributed by atoms with Gasteiger partial charge in [0.25, 0.3) is 0 Å². The minimum atomic E-state index is -3.44. The molecule has 3 rings (SSSR count). The zero-order chi connectivity index (χ0) is 17.9. The van der Waals surface area contributed by atoms with Crippen LogP contribution in [-0.4, -0.2) is 61.5 Å². The molecule has 1 N–H and O–H groups in total. The third kappa shape index (κ3) is 4.04. The van der Waals surface area contributed by atoms with Crippen LogP contribution in [0.25, 0.3) is 0 Å². The van der Waals surface area contributed by atoms with Gasteiger partial charge in [0.1, 0.15) is 0 Å². The second kappa shape index (κ2) is 7.43. The molecule has 0 radical (unpaired) electrons. The molecule has 0 aliphatic carbocycles. The van der Waals surface area contributed by atoms with E-state index in [9.17, 15) is 18.3 Å². The molecule has 2 aliphatic rings. The van der Waals surface area contributed by atoms with E-state index in [4.69, 9.17) is 4.74 Å². The van der Waals surface area contributed by atoms with E-state index in [0.717, 1.165) is 12.8 Å². The summed E-state index contributed by atoms with van der Waals surface area (Å²) in [4.78, 5) is 14.3. The van der Waals surface area contributed by atoms with Gasteiger partial charge in [-0.1, -0.05) is 18.2 Å². The Morgan fingerprint density at radius 3 is 2.56 bits per heavy atom. The summed E-state index contributed by atoms with van der Waals surface area (Å²) in [6, 6.07) is 8.20. The number of sulfone groups is 1. The van der Waals surface area contributed by atoms with Gasteiger partial charge in [0.15, 0.2) is 9.84 Å². The topological polar surface area (TPSA) is 83.9 Å². The molecule has 7 heteroatoms. The van der Waals surface area contributed by atoms with Gasteiger partial charge in [-0.25, -0.2) is 8.42 Å². The van der Waals surface area contributed by atoms with Crippen molar-refractivity contribution in [3.8, 4) is 0 Å². The predicted octanol–water partition coefficient (Wildman–Crippen LogP) is 1.38. The van der Waals surface area contributed by atoms with E-state index >= 15 is 0 Å². The highest BCUT2D eigenvalue weighted by Gasteiger charge is 2.44. The highest BCUT2D eigenvalue weighted by Crippen LogP contribution is 2.35. The lowest BCUT2D eigenvalue weighted by molar-refractivity contribution is -0.179. The van der Waals surface area contributed by atoms with E-state index in [0.29, 0.717) is 32.5 Å². The van der Waals surface area contributed by atoms with Gasteiger partial charge in [-0.15, -0.1) is 0 Å². The summed E-state index contributed by atoms with van der Waals surface area (Å²) in [5, 5.41) is 10.2. The van der Waals surface area contributed by atoms with Crippen LogP contribution in [0.1, 0.15) is 32.1 Å². The number of aliphatic hydroxyl groups excluding tert-OH is 1. The van der Waals surface area contributed by atoms with Gasteiger partial charge in [0.05, 0.1) is 22.4 Å². The lowest BCUT2D eigenvalue weighted by Crippen LogP contribution is -2.56. The van der Waals surface area contributed by atoms with E-state index in [1.165, 1.54) is 0 Å². The summed E-state index contributed by atoms with van der Waals surface area (Å²) in [6.45, 7) is 1.66. The van der Waals surface area contributed by atoms with Crippen LogP contribution in [0.5, 0.6) is 0 Å². The Bertz CT molecular complexity index is 695. The lowest BCUT2D eigenvalue weighted by atomic mass is 9.82. The molecule has 0 aromatic heterocycles. The van der Waals surface area contributed by atoms with Crippen LogP contribution in [0.15, 0.2) is 35.2 Å². The molecule has 25 heavy (non-hydrogen) atoms. The summed E-state index contributed by atoms with van der Waals surface area (Å²) in [6.07, 6.45) is 2.31. The third-order valence-electron chi connectivity index (χ3n) is 5.27. The Labute approximate surface area is 148 Å². The summed E-state index contributed by atoms with van der Waals surface area (Å²) in [5.74, 6) is -0.337. The molecule has 0 bridgehead atoms. The molecule has 1 aromatic rings. The number of hydrogen-bond donors (Lipinski definition) is 1. The van der Waals surface area contributed by atoms with Crippen LogP contribution in [0, 0.1) is 0 Å². The van der Waals surface area contributed by atoms with Crippen LogP contribution >= 0.6 is 0 Å². The van der Waals surface area contributed by atoms with Crippen LogP contribution in [0.3, 0.4) is 0 Å². The van der Waals surface area contributed by atoms with Crippen molar-refractivity contribution in [3.05, 3.63) is 30.3 Å². The van der Waals surface area contributed by atoms with E-state index in [1.54, 1.807) is 35.2 Å². The number of benzene rings is 1. The maximum Gasteiger partial charge on any atom is 0.223 e. The van der Waals surface area contributed by atoms with E-state index in [2.05, 4.69) is 0 Å². The second-order valence-electron chi connectivity index (χ2n) is 6.83. The standard InChI is InChI=1S/C18H25NO5S/c20-16-7-4-13-24-18(16)9-11-19(12-10-18)17(21)8-14-25(22,23)15-5-2-1-3-6-15/h1-3,5-6,16,20H,4,7-14H2. The fraction of sp³-hybridized carbons (Fsp3) is 0.611. The van der Waals surface area contributed by atoms with Gasteiger partial charge in [-0.3, -0.25) is 4.79 Å². The molecule has 2 heterocycles. The average molecular weight is 367 g/mol. The fourth-order valence-corrected chi connectivity index (χ4v) is 4.90. The number of aliphatic hydroxyl groups is 1. The maximum atomic E-state index is 12.4. The minimum absolute atomic E-state index is 0.0202. The Kier molecular flexibility index (Phi) is 5.46. The van der Waals surface area contributed by atoms with Crippen molar-refractivity contribution in [3.63, 3.8) is 0 Å². The van der Waals surface area contributed by atoms with Gasteiger partial charge in [-0.2, -0.15) is 0 Å². The summed E-state index contributed by atoms with van der Waals surface area (Å²) in [7, 11) is -3.44. The van der Waals surface area contributed by atoms with Gasteiger partial charge in [-0.05, 0) is 37.8 Å². The molecule has 1 atom stereocenters. The van der Waals surface area contributed by atoms with E-state index in [-0.39, 0.29) is 23.0 Å². The number of likely N-dealkylation sites (tertiary alicyclic amines) is 1. The normalized spacial score (nSPS) is 23.6. The smallest absolute Gasteiger partial charge is 0.223 e. The SMILES string of the molecule is O=C(CCS(=O)(=O)c1ccccc1)N1CCC2(CC1)OCCCC2O. The molecule has 1 amide bonds. The number of ether oxygens (including phenoxy) is 1. The molecule has 2 saturated heterocycles. The highest BCUT2D eigenvalue weighted by atomic mass is 32.2. The number of piperidine rings is 1. The molecule has 0 saturated carbocycles. The van der Waals surface area contributed by atoms with Gasteiger partial charge >= 0.3 is 0 Å². The number of carbonyl (C=O) groups is 1. The summed E-state index contributed by atoms with van der Waals surface area (Å²) >= 11 is 0. The molecule has 2 fully saturated rings. The molecule has 1 aromatic carbocycles. The number of nitrogens with zero attached hydrogens (tertiary/aromatic N) is 1. The quantitative estimate of drug-likeness (QED) is 0.869. The molecule has 1 spiro atoms. The maximum absolute atomic E-state index is 12.4. The zero-order valence-electron chi connectivity index (χ0n) is 14.3. The Hall–Kier alpha value is -1.44. The fourth-order valence-electron chi connectivity index (χ4n) is 3.65. The predicted molar refractivity (Wildman–Crippen MR) is 92.8 cm³/mol. The van der Waals surface area contributed by atoms with Crippen molar-refractivity contribution >= 4 is 15.7 Å². The Morgan fingerprint density at radius 1 is 1.24 bits per heavy atom. The van der Waals surface area contributed by atoms with Gasteiger partial charge in [0.2, 0.25) is 5.91 Å². The summed E-state index contributed by atoms with van der Waals surface area (Å²) in [5.41, 5.74) is -0.523. The molecule has 6 nitrogen and oxygen atoms in total. The van der Waals surface area contributed by atoms with Crippen molar-refractivity contribution in [1.29, 1.82) is 0 Å². The molecule has 1 unspecified atom stereocenters. The van der Waals surface area contributed by atoms with Crippen LogP contribution in [0.2, 0.25) is 0 Å². The van der Waals surface area contributed by atoms with E-state index < -0.39 is 21.5 Å². The first-order chi connectivity index (χ1) is 11.9. The molecule has 2 aliphatic heterocycles. The Balaban J connectivity index is 1.53. The second-order valence-corrected chi connectivity index (χ2v) is 8.94. The van der Waals surface area contributed by atoms with Gasteiger partial charge < -0.3 is 14.7 Å². The van der Waals surface area contributed by atoms with Gasteiger partial charge in [0, 0.05) is 26.1 Å².